The number of benzene rings is 1. The summed E-state index contributed by atoms with van der Waals surface area (Å²) in [6.45, 7) is 0.840. The molecule has 0 aliphatic carbocycles. The second-order valence-electron chi connectivity index (χ2n) is 3.76. The Hall–Kier alpha value is -1.35. The Labute approximate surface area is 90.7 Å². The topological polar surface area (TPSA) is 29.5 Å². The van der Waals surface area contributed by atoms with Crippen molar-refractivity contribution in [3.05, 3.63) is 35.4 Å². The van der Waals surface area contributed by atoms with Crippen LogP contribution in [0.2, 0.25) is 0 Å². The van der Waals surface area contributed by atoms with Gasteiger partial charge in [-0.1, -0.05) is 24.3 Å². The van der Waals surface area contributed by atoms with Gasteiger partial charge in [0.1, 0.15) is 0 Å². The van der Waals surface area contributed by atoms with Crippen LogP contribution in [-0.4, -0.2) is 32.1 Å². The van der Waals surface area contributed by atoms with Gasteiger partial charge in [0.25, 0.3) is 0 Å². The maximum absolute atomic E-state index is 11.2. The fourth-order valence-electron chi connectivity index (χ4n) is 1.45. The smallest absolute Gasteiger partial charge is 0.309 e. The lowest BCUT2D eigenvalue weighted by Crippen LogP contribution is -2.14. The molecule has 0 aromatic heterocycles. The van der Waals surface area contributed by atoms with Crippen molar-refractivity contribution in [2.24, 2.45) is 0 Å². The molecule has 0 unspecified atom stereocenters. The Bertz CT molecular complexity index is 334. The van der Waals surface area contributed by atoms with Gasteiger partial charge < -0.3 is 9.64 Å². The summed E-state index contributed by atoms with van der Waals surface area (Å²) in [4.78, 5) is 13.3. The van der Waals surface area contributed by atoms with Gasteiger partial charge in [0.15, 0.2) is 0 Å². The quantitative estimate of drug-likeness (QED) is 0.700. The van der Waals surface area contributed by atoms with E-state index in [1.165, 1.54) is 12.7 Å². The molecule has 3 heteroatoms. The predicted octanol–water partition coefficient (Wildman–Crippen LogP) is 1.46. The number of rotatable bonds is 4. The molecule has 0 amide bonds. The first kappa shape index (κ1) is 11.7. The summed E-state index contributed by atoms with van der Waals surface area (Å²) >= 11 is 0. The lowest BCUT2D eigenvalue weighted by Gasteiger charge is -2.13. The number of hydrogen-bond acceptors (Lipinski definition) is 3. The molecule has 0 heterocycles. The van der Waals surface area contributed by atoms with Crippen LogP contribution in [-0.2, 0) is 22.5 Å². The fourth-order valence-corrected chi connectivity index (χ4v) is 1.45. The molecule has 1 rings (SSSR count). The molecule has 0 aliphatic rings. The maximum atomic E-state index is 11.2. The second-order valence-corrected chi connectivity index (χ2v) is 3.76. The number of hydrogen-bond donors (Lipinski definition) is 0. The Kier molecular flexibility index (Phi) is 4.31. The molecule has 0 aliphatic heterocycles. The number of methoxy groups -OCH3 is 1. The van der Waals surface area contributed by atoms with Crippen molar-refractivity contribution in [2.45, 2.75) is 13.0 Å². The summed E-state index contributed by atoms with van der Waals surface area (Å²) in [6, 6.07) is 7.94. The van der Waals surface area contributed by atoms with Gasteiger partial charge in [0.05, 0.1) is 13.5 Å². The van der Waals surface area contributed by atoms with Crippen LogP contribution in [0.25, 0.3) is 0 Å². The summed E-state index contributed by atoms with van der Waals surface area (Å²) in [5, 5.41) is 0. The highest BCUT2D eigenvalue weighted by Crippen LogP contribution is 2.11. The van der Waals surface area contributed by atoms with E-state index in [4.69, 9.17) is 0 Å². The summed E-state index contributed by atoms with van der Waals surface area (Å²) in [5.41, 5.74) is 2.21. The molecule has 1 aromatic carbocycles. The van der Waals surface area contributed by atoms with E-state index >= 15 is 0 Å². The largest absolute Gasteiger partial charge is 0.469 e. The first-order valence-electron chi connectivity index (χ1n) is 4.92. The molecule has 0 atom stereocenters. The molecule has 15 heavy (non-hydrogen) atoms. The van der Waals surface area contributed by atoms with Crippen molar-refractivity contribution in [3.63, 3.8) is 0 Å². The van der Waals surface area contributed by atoms with E-state index in [0.717, 1.165) is 12.1 Å². The summed E-state index contributed by atoms with van der Waals surface area (Å²) in [5.74, 6) is -0.193. The van der Waals surface area contributed by atoms with Crippen molar-refractivity contribution in [1.29, 1.82) is 0 Å². The minimum atomic E-state index is -0.193. The third-order valence-electron chi connectivity index (χ3n) is 2.17. The number of nitrogens with zero attached hydrogens (tertiary/aromatic N) is 1. The number of carbonyl (C=O) groups is 1. The molecular weight excluding hydrogens is 190 g/mol. The molecule has 0 N–H and O–H groups in total. The van der Waals surface area contributed by atoms with E-state index in [1.807, 2.05) is 38.4 Å². The maximum Gasteiger partial charge on any atom is 0.309 e. The van der Waals surface area contributed by atoms with Crippen LogP contribution >= 0.6 is 0 Å². The van der Waals surface area contributed by atoms with Crippen molar-refractivity contribution in [3.8, 4) is 0 Å². The van der Waals surface area contributed by atoms with Crippen LogP contribution in [0.1, 0.15) is 11.1 Å². The van der Waals surface area contributed by atoms with Crippen molar-refractivity contribution in [2.75, 3.05) is 21.2 Å². The highest BCUT2D eigenvalue weighted by atomic mass is 16.5. The summed E-state index contributed by atoms with van der Waals surface area (Å²) < 4.78 is 4.66. The third-order valence-corrected chi connectivity index (χ3v) is 2.17. The van der Waals surface area contributed by atoms with Crippen molar-refractivity contribution >= 4 is 5.97 Å². The first-order valence-corrected chi connectivity index (χ1v) is 4.92. The second kappa shape index (κ2) is 5.51. The van der Waals surface area contributed by atoms with E-state index in [9.17, 15) is 4.79 Å². The van der Waals surface area contributed by atoms with Crippen LogP contribution < -0.4 is 0 Å². The highest BCUT2D eigenvalue weighted by molar-refractivity contribution is 5.72. The molecule has 0 bridgehead atoms. The van der Waals surface area contributed by atoms with E-state index in [0.29, 0.717) is 6.42 Å². The van der Waals surface area contributed by atoms with Crippen LogP contribution in [0.5, 0.6) is 0 Å². The van der Waals surface area contributed by atoms with E-state index in [1.54, 1.807) is 0 Å². The van der Waals surface area contributed by atoms with Gasteiger partial charge in [-0.05, 0) is 25.2 Å². The minimum absolute atomic E-state index is 0.193. The molecule has 3 nitrogen and oxygen atoms in total. The zero-order valence-corrected chi connectivity index (χ0v) is 9.49. The van der Waals surface area contributed by atoms with Gasteiger partial charge in [-0.15, -0.1) is 0 Å². The molecule has 0 fully saturated rings. The van der Waals surface area contributed by atoms with Gasteiger partial charge in [-0.3, -0.25) is 4.79 Å². The molecule has 0 saturated carbocycles. The average molecular weight is 207 g/mol. The van der Waals surface area contributed by atoms with Crippen LogP contribution in [0.15, 0.2) is 24.3 Å². The molecule has 82 valence electrons. The highest BCUT2D eigenvalue weighted by Gasteiger charge is 2.07. The van der Waals surface area contributed by atoms with Gasteiger partial charge in [-0.25, -0.2) is 0 Å². The van der Waals surface area contributed by atoms with E-state index in [-0.39, 0.29) is 5.97 Å². The van der Waals surface area contributed by atoms with Crippen LogP contribution in [0.4, 0.5) is 0 Å². The zero-order valence-electron chi connectivity index (χ0n) is 9.49. The van der Waals surface area contributed by atoms with Gasteiger partial charge in [0.2, 0.25) is 0 Å². The lowest BCUT2D eigenvalue weighted by molar-refractivity contribution is -0.139. The standard InChI is InChI=1S/C12H17NO2/c1-13(2)9-11-7-5-4-6-10(11)8-12(14)15-3/h4-7H,8-9H2,1-3H3. The summed E-state index contributed by atoms with van der Waals surface area (Å²) in [7, 11) is 5.43. The summed E-state index contributed by atoms with van der Waals surface area (Å²) in [6.07, 6.45) is 0.348. The molecular formula is C12H17NO2. The Balaban J connectivity index is 2.81. The predicted molar refractivity (Wildman–Crippen MR) is 59.6 cm³/mol. The van der Waals surface area contributed by atoms with E-state index < -0.39 is 0 Å². The number of ether oxygens (including phenoxy) is 1. The molecule has 0 spiro atoms. The molecule has 0 saturated heterocycles. The lowest BCUT2D eigenvalue weighted by atomic mass is 10.0. The monoisotopic (exact) mass is 207 g/mol. The Morgan fingerprint density at radius 3 is 2.40 bits per heavy atom. The van der Waals surface area contributed by atoms with Crippen molar-refractivity contribution in [1.82, 2.24) is 4.90 Å². The number of carbonyl (C=O) groups excluding carboxylic acids is 1. The van der Waals surface area contributed by atoms with Crippen LogP contribution in [0, 0.1) is 0 Å². The molecule has 0 radical (unpaired) electrons. The third kappa shape index (κ3) is 3.72. The Morgan fingerprint density at radius 1 is 1.27 bits per heavy atom. The van der Waals surface area contributed by atoms with Gasteiger partial charge in [0, 0.05) is 6.54 Å². The van der Waals surface area contributed by atoms with E-state index in [2.05, 4.69) is 9.64 Å². The Morgan fingerprint density at radius 2 is 1.87 bits per heavy atom. The first-order chi connectivity index (χ1) is 7.13. The van der Waals surface area contributed by atoms with Crippen LogP contribution in [0.3, 0.4) is 0 Å². The zero-order chi connectivity index (χ0) is 11.3. The minimum Gasteiger partial charge on any atom is -0.469 e. The van der Waals surface area contributed by atoms with Gasteiger partial charge >= 0.3 is 5.97 Å². The van der Waals surface area contributed by atoms with Gasteiger partial charge in [-0.2, -0.15) is 0 Å². The number of esters is 1. The SMILES string of the molecule is COC(=O)Cc1ccccc1CN(C)C. The van der Waals surface area contributed by atoms with Crippen molar-refractivity contribution < 1.29 is 9.53 Å². The fraction of sp³-hybridized carbons (Fsp3) is 0.417. The normalized spacial score (nSPS) is 10.4. The average Bonchev–Trinajstić information content (AvgIpc) is 2.20. The molecule has 1 aromatic rings.